The molecule has 7 heteroatoms. The number of likely N-dealkylation sites (tertiary alicyclic amines) is 1. The van der Waals surface area contributed by atoms with Crippen LogP contribution < -0.4 is 5.32 Å². The minimum Gasteiger partial charge on any atom is -0.444 e. The number of nitrogens with one attached hydrogen (secondary N) is 1. The van der Waals surface area contributed by atoms with Crippen LogP contribution in [0.2, 0.25) is 0 Å². The Labute approximate surface area is 175 Å². The van der Waals surface area contributed by atoms with Crippen LogP contribution in [0.15, 0.2) is 30.3 Å². The Morgan fingerprint density at radius 3 is 2.41 bits per heavy atom. The van der Waals surface area contributed by atoms with Gasteiger partial charge in [0.05, 0.1) is 12.6 Å². The van der Waals surface area contributed by atoms with Crippen molar-refractivity contribution in [2.45, 2.75) is 58.4 Å². The summed E-state index contributed by atoms with van der Waals surface area (Å²) in [6.45, 7) is 9.04. The highest BCUT2D eigenvalue weighted by Crippen LogP contribution is 2.28. The van der Waals surface area contributed by atoms with Crippen molar-refractivity contribution in [1.29, 1.82) is 0 Å². The van der Waals surface area contributed by atoms with Crippen LogP contribution in [0.3, 0.4) is 0 Å². The summed E-state index contributed by atoms with van der Waals surface area (Å²) in [5, 5.41) is 2.69. The molecule has 0 aromatic heterocycles. The van der Waals surface area contributed by atoms with Gasteiger partial charge >= 0.3 is 6.09 Å². The van der Waals surface area contributed by atoms with E-state index in [0.717, 1.165) is 5.56 Å². The molecule has 0 unspecified atom stereocenters. The maximum atomic E-state index is 15.0. The van der Waals surface area contributed by atoms with Gasteiger partial charge in [-0.2, -0.15) is 0 Å². The maximum Gasteiger partial charge on any atom is 0.410 e. The fourth-order valence-corrected chi connectivity index (χ4v) is 2.59. The highest BCUT2D eigenvalue weighted by molar-refractivity contribution is 14.1. The van der Waals surface area contributed by atoms with Crippen molar-refractivity contribution in [3.8, 4) is 0 Å². The highest BCUT2D eigenvalue weighted by atomic mass is 127. The normalized spacial score (nSPS) is 20.3. The number of carbonyl (C=O) groups excluding carboxylic acids is 2. The van der Waals surface area contributed by atoms with Crippen LogP contribution in [-0.2, 0) is 9.53 Å². The Morgan fingerprint density at radius 2 is 1.89 bits per heavy atom. The molecule has 1 aromatic carbocycles. The molecular formula is C20H30FIN2O3. The summed E-state index contributed by atoms with van der Waals surface area (Å²) in [4.78, 5) is 25.6. The smallest absolute Gasteiger partial charge is 0.410 e. The summed E-state index contributed by atoms with van der Waals surface area (Å²) >= 11 is 2.29. The van der Waals surface area contributed by atoms with E-state index >= 15 is 0 Å². The Kier molecular flexibility index (Phi) is 8.98. The van der Waals surface area contributed by atoms with E-state index in [0.29, 0.717) is 0 Å². The van der Waals surface area contributed by atoms with E-state index in [2.05, 4.69) is 34.8 Å². The van der Waals surface area contributed by atoms with E-state index in [-0.39, 0.29) is 25.6 Å². The van der Waals surface area contributed by atoms with Crippen molar-refractivity contribution in [2.24, 2.45) is 0 Å². The molecule has 5 nitrogen and oxygen atoms in total. The molecule has 1 heterocycles. The van der Waals surface area contributed by atoms with Crippen molar-refractivity contribution in [1.82, 2.24) is 10.2 Å². The molecular weight excluding hydrogens is 462 g/mol. The molecule has 1 aliphatic rings. The molecule has 0 radical (unpaired) electrons. The fraction of sp³-hybridized carbons (Fsp3) is 0.600. The summed E-state index contributed by atoms with van der Waals surface area (Å²) in [6.07, 6.45) is -0.620. The third-order valence-electron chi connectivity index (χ3n) is 3.93. The Hall–Kier alpha value is -1.38. The molecule has 0 spiro atoms. The summed E-state index contributed by atoms with van der Waals surface area (Å²) in [6, 6.07) is 9.05. The second-order valence-electron chi connectivity index (χ2n) is 7.49. The van der Waals surface area contributed by atoms with Gasteiger partial charge in [-0.05, 0) is 37.7 Å². The lowest BCUT2D eigenvalue weighted by molar-refractivity contribution is -0.132. The largest absolute Gasteiger partial charge is 0.444 e. The standard InChI is InChI=1S/C18H25FN2O3.C2H5I/c1-13(14-8-6-5-7-9-14)20-15(22)18(19)10-11-21(12-18)16(23)24-17(2,3)4;1-2-3/h5-9,13H,10-12H2,1-4H3,(H,20,22);2H2,1H3/t13-,18-;/m1./s1. The zero-order valence-electron chi connectivity index (χ0n) is 16.7. The second kappa shape index (κ2) is 10.2. The van der Waals surface area contributed by atoms with Gasteiger partial charge in [0.25, 0.3) is 5.91 Å². The Balaban J connectivity index is 0.00000114. The van der Waals surface area contributed by atoms with Crippen LogP contribution in [-0.4, -0.2) is 45.7 Å². The molecule has 152 valence electrons. The SMILES string of the molecule is CCI.C[C@@H](NC(=O)[C@@]1(F)CCN(C(=O)OC(C)(C)C)C1)c1ccccc1. The Bertz CT molecular complexity index is 621. The summed E-state index contributed by atoms with van der Waals surface area (Å²) in [7, 11) is 0. The molecule has 1 N–H and O–H groups in total. The van der Waals surface area contributed by atoms with Crippen LogP contribution in [0.4, 0.5) is 9.18 Å². The van der Waals surface area contributed by atoms with Crippen molar-refractivity contribution in [3.63, 3.8) is 0 Å². The Morgan fingerprint density at radius 1 is 1.33 bits per heavy atom. The zero-order chi connectivity index (χ0) is 20.7. The number of hydrogen-bond donors (Lipinski definition) is 1. The van der Waals surface area contributed by atoms with Crippen molar-refractivity contribution in [3.05, 3.63) is 35.9 Å². The van der Waals surface area contributed by atoms with Crippen molar-refractivity contribution in [2.75, 3.05) is 17.5 Å². The average molecular weight is 492 g/mol. The lowest BCUT2D eigenvalue weighted by Crippen LogP contribution is -2.47. The first kappa shape index (κ1) is 23.7. The third kappa shape index (κ3) is 7.63. The van der Waals surface area contributed by atoms with E-state index < -0.39 is 23.3 Å². The molecule has 0 bridgehead atoms. The van der Waals surface area contributed by atoms with Gasteiger partial charge in [0, 0.05) is 13.0 Å². The number of amides is 2. The first-order valence-corrected chi connectivity index (χ1v) is 10.6. The number of alkyl halides is 2. The number of benzene rings is 1. The molecule has 0 saturated carbocycles. The molecule has 2 rings (SSSR count). The molecule has 1 fully saturated rings. The van der Waals surface area contributed by atoms with Crippen molar-refractivity contribution < 1.29 is 18.7 Å². The molecule has 27 heavy (non-hydrogen) atoms. The van der Waals surface area contributed by atoms with Gasteiger partial charge in [0.15, 0.2) is 0 Å². The van der Waals surface area contributed by atoms with E-state index in [9.17, 15) is 14.0 Å². The number of carbonyl (C=O) groups is 2. The number of hydrogen-bond acceptors (Lipinski definition) is 3. The predicted molar refractivity (Wildman–Crippen MR) is 114 cm³/mol. The lowest BCUT2D eigenvalue weighted by atomic mass is 10.0. The molecule has 0 aliphatic carbocycles. The number of ether oxygens (including phenoxy) is 1. The van der Waals surface area contributed by atoms with Gasteiger partial charge in [-0.15, -0.1) is 0 Å². The van der Waals surface area contributed by atoms with Crippen LogP contribution in [0, 0.1) is 0 Å². The van der Waals surface area contributed by atoms with Crippen LogP contribution in [0.5, 0.6) is 0 Å². The summed E-state index contributed by atoms with van der Waals surface area (Å²) in [5.74, 6) is -0.690. The molecule has 1 aliphatic heterocycles. The van der Waals surface area contributed by atoms with Gasteiger partial charge in [-0.25, -0.2) is 9.18 Å². The third-order valence-corrected chi connectivity index (χ3v) is 3.93. The monoisotopic (exact) mass is 492 g/mol. The second-order valence-corrected chi connectivity index (χ2v) is 9.02. The molecule has 1 saturated heterocycles. The van der Waals surface area contributed by atoms with Crippen LogP contribution >= 0.6 is 22.6 Å². The van der Waals surface area contributed by atoms with Gasteiger partial charge < -0.3 is 15.0 Å². The fourth-order valence-electron chi connectivity index (χ4n) is 2.59. The maximum absolute atomic E-state index is 15.0. The quantitative estimate of drug-likeness (QED) is 0.494. The van der Waals surface area contributed by atoms with Crippen LogP contribution in [0.1, 0.15) is 52.6 Å². The van der Waals surface area contributed by atoms with Gasteiger partial charge in [-0.3, -0.25) is 4.79 Å². The molecule has 2 atom stereocenters. The van der Waals surface area contributed by atoms with E-state index in [1.165, 1.54) is 9.33 Å². The highest BCUT2D eigenvalue weighted by Gasteiger charge is 2.47. The van der Waals surface area contributed by atoms with Gasteiger partial charge in [0.1, 0.15) is 5.60 Å². The van der Waals surface area contributed by atoms with E-state index in [1.54, 1.807) is 27.7 Å². The predicted octanol–water partition coefficient (Wildman–Crippen LogP) is 4.65. The minimum absolute atomic E-state index is 0.0282. The average Bonchev–Trinajstić information content (AvgIpc) is 2.99. The van der Waals surface area contributed by atoms with Crippen LogP contribution in [0.25, 0.3) is 0 Å². The number of halogens is 2. The lowest BCUT2D eigenvalue weighted by Gasteiger charge is -2.25. The number of nitrogens with zero attached hydrogens (tertiary/aromatic N) is 1. The molecule has 1 aromatic rings. The van der Waals surface area contributed by atoms with E-state index in [1.807, 2.05) is 30.3 Å². The van der Waals surface area contributed by atoms with Gasteiger partial charge in [-0.1, -0.05) is 59.8 Å². The summed E-state index contributed by atoms with van der Waals surface area (Å²) < 4.78 is 21.4. The van der Waals surface area contributed by atoms with E-state index in [4.69, 9.17) is 4.74 Å². The number of rotatable bonds is 3. The van der Waals surface area contributed by atoms with Gasteiger partial charge in [0.2, 0.25) is 5.67 Å². The first-order valence-electron chi connectivity index (χ1n) is 9.11. The minimum atomic E-state index is -2.08. The zero-order valence-corrected chi connectivity index (χ0v) is 18.9. The van der Waals surface area contributed by atoms with Crippen molar-refractivity contribution >= 4 is 34.6 Å². The summed E-state index contributed by atoms with van der Waals surface area (Å²) in [5.41, 5.74) is -1.83. The first-order chi connectivity index (χ1) is 12.5. The molecule has 2 amide bonds. The topological polar surface area (TPSA) is 58.6 Å².